The summed E-state index contributed by atoms with van der Waals surface area (Å²) in [6, 6.07) is 0. The fourth-order valence-corrected chi connectivity index (χ4v) is 0.664. The van der Waals surface area contributed by atoms with Crippen LogP contribution in [-0.2, 0) is 4.74 Å². The van der Waals surface area contributed by atoms with Gasteiger partial charge in [-0.15, -0.1) is 11.6 Å². The highest BCUT2D eigenvalue weighted by Gasteiger charge is 1.93. The summed E-state index contributed by atoms with van der Waals surface area (Å²) in [5, 5.41) is 0.503. The molecule has 52 valence electrons. The van der Waals surface area contributed by atoms with Gasteiger partial charge in [-0.05, 0) is 25.2 Å². The first-order valence-corrected chi connectivity index (χ1v) is 3.54. The standard InChI is InChI=1S/C6H9ClOS/c1-3-6(4-7)8-5(2)9/h3H,4H2,1-2H3. The van der Waals surface area contributed by atoms with Crippen molar-refractivity contribution in [2.75, 3.05) is 5.88 Å². The van der Waals surface area contributed by atoms with Gasteiger partial charge < -0.3 is 4.74 Å². The number of ether oxygens (including phenoxy) is 1. The van der Waals surface area contributed by atoms with Crippen LogP contribution < -0.4 is 0 Å². The van der Waals surface area contributed by atoms with E-state index in [0.29, 0.717) is 16.7 Å². The zero-order valence-electron chi connectivity index (χ0n) is 5.48. The maximum Gasteiger partial charge on any atom is 0.163 e. The fraction of sp³-hybridized carbons (Fsp3) is 0.500. The first kappa shape index (κ1) is 8.92. The topological polar surface area (TPSA) is 9.23 Å². The van der Waals surface area contributed by atoms with Crippen LogP contribution in [0.4, 0.5) is 0 Å². The second kappa shape index (κ2) is 4.77. The van der Waals surface area contributed by atoms with E-state index < -0.39 is 0 Å². The summed E-state index contributed by atoms with van der Waals surface area (Å²) in [5.74, 6) is 1.09. The lowest BCUT2D eigenvalue weighted by atomic mass is 10.5. The van der Waals surface area contributed by atoms with E-state index in [9.17, 15) is 0 Å². The Morgan fingerprint density at radius 2 is 2.33 bits per heavy atom. The number of allylic oxidation sites excluding steroid dienone is 2. The molecule has 0 aromatic rings. The molecule has 0 aromatic carbocycles. The number of thiocarbonyl (C=S) groups is 1. The summed E-state index contributed by atoms with van der Waals surface area (Å²) in [5.41, 5.74) is 0. The van der Waals surface area contributed by atoms with Gasteiger partial charge in [0.2, 0.25) is 0 Å². The molecular formula is C6H9ClOS. The number of hydrogen-bond donors (Lipinski definition) is 0. The predicted molar refractivity (Wildman–Crippen MR) is 43.8 cm³/mol. The van der Waals surface area contributed by atoms with E-state index in [1.165, 1.54) is 0 Å². The third-order valence-corrected chi connectivity index (χ3v) is 1.08. The lowest BCUT2D eigenvalue weighted by Gasteiger charge is -2.02. The smallest absolute Gasteiger partial charge is 0.163 e. The number of rotatable bonds is 2. The zero-order valence-corrected chi connectivity index (χ0v) is 7.05. The molecule has 0 aliphatic carbocycles. The third kappa shape index (κ3) is 4.43. The van der Waals surface area contributed by atoms with Crippen molar-refractivity contribution in [1.29, 1.82) is 0 Å². The lowest BCUT2D eigenvalue weighted by molar-refractivity contribution is 0.426. The van der Waals surface area contributed by atoms with Gasteiger partial charge in [0.05, 0.1) is 5.88 Å². The van der Waals surface area contributed by atoms with Crippen molar-refractivity contribution in [2.24, 2.45) is 0 Å². The molecule has 0 rings (SSSR count). The van der Waals surface area contributed by atoms with Gasteiger partial charge in [0.1, 0.15) is 5.76 Å². The molecule has 0 saturated carbocycles. The molecule has 0 saturated heterocycles. The van der Waals surface area contributed by atoms with Gasteiger partial charge in [0.25, 0.3) is 0 Å². The van der Waals surface area contributed by atoms with Gasteiger partial charge in [-0.1, -0.05) is 0 Å². The highest BCUT2D eigenvalue weighted by atomic mass is 35.5. The molecule has 0 aliphatic rings. The molecule has 0 aromatic heterocycles. The van der Waals surface area contributed by atoms with Crippen molar-refractivity contribution in [1.82, 2.24) is 0 Å². The van der Waals surface area contributed by atoms with Crippen molar-refractivity contribution in [2.45, 2.75) is 13.8 Å². The average Bonchev–Trinajstić information content (AvgIpc) is 1.82. The average molecular weight is 165 g/mol. The molecule has 0 amide bonds. The predicted octanol–water partition coefficient (Wildman–Crippen LogP) is 2.49. The Morgan fingerprint density at radius 3 is 2.44 bits per heavy atom. The third-order valence-electron chi connectivity index (χ3n) is 0.729. The van der Waals surface area contributed by atoms with Crippen LogP contribution in [0.2, 0.25) is 0 Å². The molecule has 0 heterocycles. The van der Waals surface area contributed by atoms with Crippen LogP contribution in [-0.4, -0.2) is 10.9 Å². The molecule has 0 radical (unpaired) electrons. The lowest BCUT2D eigenvalue weighted by Crippen LogP contribution is -1.96. The molecule has 0 bridgehead atoms. The summed E-state index contributed by atoms with van der Waals surface area (Å²) < 4.78 is 5.01. The van der Waals surface area contributed by atoms with Crippen LogP contribution in [0.15, 0.2) is 11.8 Å². The molecule has 0 aliphatic heterocycles. The van der Waals surface area contributed by atoms with Crippen molar-refractivity contribution in [3.8, 4) is 0 Å². The monoisotopic (exact) mass is 164 g/mol. The van der Waals surface area contributed by atoms with E-state index in [1.54, 1.807) is 13.0 Å². The van der Waals surface area contributed by atoms with Gasteiger partial charge in [0, 0.05) is 6.92 Å². The van der Waals surface area contributed by atoms with Crippen molar-refractivity contribution >= 4 is 28.9 Å². The van der Waals surface area contributed by atoms with Crippen molar-refractivity contribution < 1.29 is 4.74 Å². The Kier molecular flexibility index (Phi) is 4.72. The molecule has 1 nitrogen and oxygen atoms in total. The quantitative estimate of drug-likeness (QED) is 0.352. The molecule has 3 heteroatoms. The second-order valence-corrected chi connectivity index (χ2v) is 2.32. The van der Waals surface area contributed by atoms with Gasteiger partial charge >= 0.3 is 0 Å². The largest absolute Gasteiger partial charge is 0.454 e. The maximum atomic E-state index is 5.46. The van der Waals surface area contributed by atoms with Crippen LogP contribution in [0.5, 0.6) is 0 Å². The Bertz CT molecular complexity index is 131. The Hall–Kier alpha value is -0.0800. The van der Waals surface area contributed by atoms with Crippen LogP contribution in [0.1, 0.15) is 13.8 Å². The van der Waals surface area contributed by atoms with Crippen LogP contribution in [0, 0.1) is 0 Å². The van der Waals surface area contributed by atoms with Crippen LogP contribution in [0.3, 0.4) is 0 Å². The van der Waals surface area contributed by atoms with E-state index in [4.69, 9.17) is 16.3 Å². The summed E-state index contributed by atoms with van der Waals surface area (Å²) in [6.07, 6.45) is 1.79. The molecule has 9 heavy (non-hydrogen) atoms. The number of halogens is 1. The van der Waals surface area contributed by atoms with E-state index in [-0.39, 0.29) is 0 Å². The van der Waals surface area contributed by atoms with Gasteiger partial charge in [-0.25, -0.2) is 0 Å². The first-order chi connectivity index (χ1) is 4.20. The molecule has 0 spiro atoms. The van der Waals surface area contributed by atoms with E-state index in [0.717, 1.165) is 0 Å². The Balaban J connectivity index is 3.71. The molecule has 0 fully saturated rings. The van der Waals surface area contributed by atoms with Gasteiger partial charge in [-0.2, -0.15) is 0 Å². The first-order valence-electron chi connectivity index (χ1n) is 2.60. The minimum atomic E-state index is 0.379. The van der Waals surface area contributed by atoms with Crippen molar-refractivity contribution in [3.63, 3.8) is 0 Å². The summed E-state index contributed by atoms with van der Waals surface area (Å²) in [6.45, 7) is 3.57. The molecule has 0 atom stereocenters. The maximum absolute atomic E-state index is 5.46. The normalized spacial score (nSPS) is 11.2. The van der Waals surface area contributed by atoms with E-state index in [2.05, 4.69) is 12.2 Å². The zero-order chi connectivity index (χ0) is 7.28. The summed E-state index contributed by atoms with van der Waals surface area (Å²) in [4.78, 5) is 0. The molecule has 0 N–H and O–H groups in total. The molecule has 0 unspecified atom stereocenters. The Morgan fingerprint density at radius 1 is 1.78 bits per heavy atom. The fourth-order valence-electron chi connectivity index (χ4n) is 0.348. The number of alkyl halides is 1. The van der Waals surface area contributed by atoms with E-state index in [1.807, 2.05) is 6.92 Å². The van der Waals surface area contributed by atoms with Crippen LogP contribution in [0.25, 0.3) is 0 Å². The highest BCUT2D eigenvalue weighted by molar-refractivity contribution is 7.80. The minimum absolute atomic E-state index is 0.379. The number of hydrogen-bond acceptors (Lipinski definition) is 2. The SMILES string of the molecule is CC=C(CCl)OC(C)=S. The van der Waals surface area contributed by atoms with Gasteiger partial charge in [-0.3, -0.25) is 0 Å². The van der Waals surface area contributed by atoms with Gasteiger partial charge in [0.15, 0.2) is 5.05 Å². The summed E-state index contributed by atoms with van der Waals surface area (Å²) >= 11 is 10.1. The summed E-state index contributed by atoms with van der Waals surface area (Å²) in [7, 11) is 0. The Labute approximate surface area is 65.6 Å². The van der Waals surface area contributed by atoms with Crippen molar-refractivity contribution in [3.05, 3.63) is 11.8 Å². The minimum Gasteiger partial charge on any atom is -0.454 e. The second-order valence-electron chi connectivity index (χ2n) is 1.48. The molecular weight excluding hydrogens is 156 g/mol. The highest BCUT2D eigenvalue weighted by Crippen LogP contribution is 2.00. The van der Waals surface area contributed by atoms with Crippen LogP contribution >= 0.6 is 23.8 Å². The van der Waals surface area contributed by atoms with E-state index >= 15 is 0 Å².